The largest absolute Gasteiger partial charge is 0.606 e. The van der Waals surface area contributed by atoms with Crippen LogP contribution in [0.3, 0.4) is 0 Å². The molecule has 0 radical (unpaired) electrons. The summed E-state index contributed by atoms with van der Waals surface area (Å²) in [4.78, 5) is 1.57. The second-order valence-corrected chi connectivity index (χ2v) is 9.16. The lowest BCUT2D eigenvalue weighted by Crippen LogP contribution is -2.03. The zero-order valence-corrected chi connectivity index (χ0v) is 18.5. The Bertz CT molecular complexity index is 841. The first-order valence-electron chi connectivity index (χ1n) is 7.38. The van der Waals surface area contributed by atoms with E-state index in [2.05, 4.69) is 59.9 Å². The minimum atomic E-state index is -1.16. The van der Waals surface area contributed by atoms with E-state index in [-0.39, 0.29) is 0 Å². The highest BCUT2D eigenvalue weighted by Crippen LogP contribution is 2.32. The van der Waals surface area contributed by atoms with Crippen LogP contribution in [0.4, 0.5) is 0 Å². The Morgan fingerprint density at radius 2 is 1.32 bits per heavy atom. The molecule has 2 heterocycles. The summed E-state index contributed by atoms with van der Waals surface area (Å²) in [6.07, 6.45) is 0. The van der Waals surface area contributed by atoms with Gasteiger partial charge in [0.15, 0.2) is 9.79 Å². The summed E-state index contributed by atoms with van der Waals surface area (Å²) in [6.45, 7) is 0.737. The average molecular weight is 545 g/mol. The molecule has 0 saturated carbocycles. The molecule has 0 fully saturated rings. The van der Waals surface area contributed by atoms with Crippen LogP contribution in [0, 0.1) is 0 Å². The van der Waals surface area contributed by atoms with Gasteiger partial charge in [0.2, 0.25) is 0 Å². The molecule has 2 nitrogen and oxygen atoms in total. The summed E-state index contributed by atoms with van der Waals surface area (Å²) in [5, 5.41) is 0. The summed E-state index contributed by atoms with van der Waals surface area (Å²) in [7, 11) is 0. The Balaban J connectivity index is 0.000000170. The number of fused-ring (bicyclic) bond motifs is 3. The lowest BCUT2D eigenvalue weighted by atomic mass is 10.2. The Kier molecular flexibility index (Phi) is 6.63. The maximum absolute atomic E-state index is 12.3. The first-order chi connectivity index (χ1) is 12.1. The van der Waals surface area contributed by atoms with Crippen LogP contribution < -0.4 is 4.74 Å². The second-order valence-electron chi connectivity index (χ2n) is 5.18. The molecule has 0 N–H and O–H groups in total. The molecule has 6 heteroatoms. The van der Waals surface area contributed by atoms with Crippen molar-refractivity contribution in [3.8, 4) is 5.75 Å². The van der Waals surface area contributed by atoms with Crippen molar-refractivity contribution in [2.45, 2.75) is 16.4 Å². The van der Waals surface area contributed by atoms with E-state index in [0.717, 1.165) is 35.6 Å². The fraction of sp³-hybridized carbons (Fsp3) is 0.0526. The molecule has 2 aliphatic rings. The van der Waals surface area contributed by atoms with E-state index in [1.54, 1.807) is 0 Å². The van der Waals surface area contributed by atoms with Gasteiger partial charge in [0, 0.05) is 11.2 Å². The van der Waals surface area contributed by atoms with Crippen LogP contribution in [0.25, 0.3) is 0 Å². The summed E-state index contributed by atoms with van der Waals surface area (Å²) in [5.41, 5.74) is 1.23. The van der Waals surface area contributed by atoms with Crippen molar-refractivity contribution < 1.29 is 9.29 Å². The lowest BCUT2D eigenvalue weighted by Gasteiger charge is -2.14. The molecular weight excluding hydrogens is 532 g/mol. The third kappa shape index (κ3) is 4.68. The fourth-order valence-corrected chi connectivity index (χ4v) is 5.34. The summed E-state index contributed by atoms with van der Waals surface area (Å²) < 4.78 is 20.4. The normalized spacial score (nSPS) is 11.7. The van der Waals surface area contributed by atoms with Gasteiger partial charge in [-0.1, -0.05) is 30.3 Å². The number of hydrogen-bond acceptors (Lipinski definition) is 2. The molecule has 128 valence electrons. The van der Waals surface area contributed by atoms with Crippen LogP contribution in [-0.2, 0) is 17.8 Å². The lowest BCUT2D eigenvalue weighted by molar-refractivity contribution is 0.292. The summed E-state index contributed by atoms with van der Waals surface area (Å²) >= 11 is 9.03. The van der Waals surface area contributed by atoms with E-state index in [0.29, 0.717) is 0 Å². The molecule has 3 aromatic rings. The van der Waals surface area contributed by atoms with Gasteiger partial charge in [-0.05, 0) is 89.8 Å². The highest BCUT2D eigenvalue weighted by atomic mass is 79.9. The van der Waals surface area contributed by atoms with E-state index < -0.39 is 11.2 Å². The van der Waals surface area contributed by atoms with Crippen LogP contribution in [0.15, 0.2) is 89.9 Å². The SMILES string of the molecule is Brc1cc2ccc1OC2.[O-][S+](c1ccccc1Br)c1ccccc1Br. The van der Waals surface area contributed by atoms with Gasteiger partial charge in [-0.15, -0.1) is 0 Å². The van der Waals surface area contributed by atoms with Gasteiger partial charge in [-0.25, -0.2) is 0 Å². The monoisotopic (exact) mass is 542 g/mol. The van der Waals surface area contributed by atoms with Gasteiger partial charge in [0.05, 0.1) is 13.4 Å². The van der Waals surface area contributed by atoms with Gasteiger partial charge < -0.3 is 9.29 Å². The quantitative estimate of drug-likeness (QED) is 0.335. The average Bonchev–Trinajstić information content (AvgIpc) is 2.63. The molecular formula is C19H13Br3O2S. The smallest absolute Gasteiger partial charge is 0.172 e. The van der Waals surface area contributed by atoms with E-state index in [1.807, 2.05) is 54.6 Å². The second kappa shape index (κ2) is 8.73. The van der Waals surface area contributed by atoms with Crippen molar-refractivity contribution >= 4 is 59.0 Å². The van der Waals surface area contributed by atoms with E-state index >= 15 is 0 Å². The first-order valence-corrected chi connectivity index (χ1v) is 10.9. The molecule has 0 aromatic heterocycles. The van der Waals surface area contributed by atoms with Crippen molar-refractivity contribution in [2.75, 3.05) is 0 Å². The van der Waals surface area contributed by atoms with Crippen molar-refractivity contribution in [3.05, 3.63) is 85.7 Å². The zero-order chi connectivity index (χ0) is 17.8. The first kappa shape index (κ1) is 19.0. The van der Waals surface area contributed by atoms with Crippen LogP contribution in [0.2, 0.25) is 0 Å². The fourth-order valence-electron chi connectivity index (χ4n) is 2.22. The van der Waals surface area contributed by atoms with E-state index in [9.17, 15) is 4.55 Å². The molecule has 0 amide bonds. The van der Waals surface area contributed by atoms with Crippen LogP contribution in [-0.4, -0.2) is 4.55 Å². The highest BCUT2D eigenvalue weighted by molar-refractivity contribution is 9.11. The summed E-state index contributed by atoms with van der Waals surface area (Å²) in [6, 6.07) is 21.2. The molecule has 0 spiro atoms. The number of ether oxygens (including phenoxy) is 1. The molecule has 2 bridgehead atoms. The van der Waals surface area contributed by atoms with Crippen LogP contribution in [0.1, 0.15) is 5.56 Å². The van der Waals surface area contributed by atoms with Crippen LogP contribution in [0.5, 0.6) is 5.75 Å². The topological polar surface area (TPSA) is 32.3 Å². The number of halogens is 3. The molecule has 2 aliphatic heterocycles. The van der Waals surface area contributed by atoms with Gasteiger partial charge in [-0.2, -0.15) is 0 Å². The van der Waals surface area contributed by atoms with Crippen LogP contribution >= 0.6 is 47.8 Å². The predicted molar refractivity (Wildman–Crippen MR) is 111 cm³/mol. The van der Waals surface area contributed by atoms with Crippen molar-refractivity contribution in [3.63, 3.8) is 0 Å². The van der Waals surface area contributed by atoms with Gasteiger partial charge in [0.25, 0.3) is 0 Å². The molecule has 0 aliphatic carbocycles. The van der Waals surface area contributed by atoms with Crippen molar-refractivity contribution in [1.29, 1.82) is 0 Å². The minimum absolute atomic E-state index is 0.737. The van der Waals surface area contributed by atoms with Gasteiger partial charge >= 0.3 is 0 Å². The Morgan fingerprint density at radius 1 is 0.760 bits per heavy atom. The minimum Gasteiger partial charge on any atom is -0.606 e. The maximum Gasteiger partial charge on any atom is 0.172 e. The Hall–Kier alpha value is -0.790. The summed E-state index contributed by atoms with van der Waals surface area (Å²) in [5.74, 6) is 0.949. The maximum atomic E-state index is 12.3. The molecule has 0 atom stereocenters. The van der Waals surface area contributed by atoms with Gasteiger partial charge in [-0.3, -0.25) is 0 Å². The molecule has 5 rings (SSSR count). The number of rotatable bonds is 2. The molecule has 0 saturated heterocycles. The number of benzene rings is 3. The van der Waals surface area contributed by atoms with Crippen molar-refractivity contribution in [1.82, 2.24) is 0 Å². The Labute approximate surface area is 175 Å². The third-order valence-electron chi connectivity index (χ3n) is 3.46. The molecule has 0 unspecified atom stereocenters. The molecule has 25 heavy (non-hydrogen) atoms. The Morgan fingerprint density at radius 3 is 1.64 bits per heavy atom. The van der Waals surface area contributed by atoms with E-state index in [1.165, 1.54) is 5.56 Å². The third-order valence-corrected chi connectivity index (χ3v) is 7.50. The standard InChI is InChI=1S/C12H8Br2OS.C7H5BrO/c13-9-5-1-3-7-11(9)16(15)12-8-4-2-6-10(12)14;8-6-3-5-1-2-7(6)9-4-5/h1-8H;1-3H,4H2. The number of hydrogen-bond donors (Lipinski definition) is 0. The van der Waals surface area contributed by atoms with E-state index in [4.69, 9.17) is 4.74 Å². The highest BCUT2D eigenvalue weighted by Gasteiger charge is 2.19. The predicted octanol–water partition coefficient (Wildman–Crippen LogP) is 6.72. The van der Waals surface area contributed by atoms with Gasteiger partial charge in [0.1, 0.15) is 12.4 Å². The zero-order valence-electron chi connectivity index (χ0n) is 12.9. The van der Waals surface area contributed by atoms with Crippen molar-refractivity contribution in [2.24, 2.45) is 0 Å². The molecule has 3 aromatic carbocycles.